The van der Waals surface area contributed by atoms with Gasteiger partial charge in [-0.2, -0.15) is 0 Å². The Balaban J connectivity index is 1.22. The van der Waals surface area contributed by atoms with E-state index < -0.39 is 0 Å². The Bertz CT molecular complexity index is 872. The standard InChI is InChI=1S/C28H40N2O2/c1-25(2)17-11-13-27(25,5)21(15-17)23(31)29-19-7-9-20(10-8-19)30-24(32)22-16-18-12-14-28(22,6)26(18,3)4/h7-10,17-18,21-22H,11-16H2,1-6H3,(H,29,31)(H,30,32). The van der Waals surface area contributed by atoms with Crippen LogP contribution in [-0.2, 0) is 9.59 Å². The van der Waals surface area contributed by atoms with Gasteiger partial charge in [0.15, 0.2) is 0 Å². The van der Waals surface area contributed by atoms with Crippen molar-refractivity contribution in [3.8, 4) is 0 Å². The van der Waals surface area contributed by atoms with E-state index in [1.807, 2.05) is 24.3 Å². The molecule has 4 heteroatoms. The van der Waals surface area contributed by atoms with Gasteiger partial charge in [0.2, 0.25) is 11.8 Å². The monoisotopic (exact) mass is 436 g/mol. The lowest BCUT2D eigenvalue weighted by Gasteiger charge is -2.38. The predicted molar refractivity (Wildman–Crippen MR) is 129 cm³/mol. The first-order valence-corrected chi connectivity index (χ1v) is 12.6. The fraction of sp³-hybridized carbons (Fsp3) is 0.714. The lowest BCUT2D eigenvalue weighted by atomic mass is 9.66. The zero-order chi connectivity index (χ0) is 23.1. The second-order valence-corrected chi connectivity index (χ2v) is 12.9. The van der Waals surface area contributed by atoms with Crippen molar-refractivity contribution in [3.05, 3.63) is 24.3 Å². The summed E-state index contributed by atoms with van der Waals surface area (Å²) in [4.78, 5) is 26.2. The maximum absolute atomic E-state index is 13.1. The summed E-state index contributed by atoms with van der Waals surface area (Å²) in [5, 5.41) is 6.31. The third-order valence-corrected chi connectivity index (χ3v) is 11.6. The molecule has 0 radical (unpaired) electrons. The van der Waals surface area contributed by atoms with Crippen molar-refractivity contribution in [2.24, 2.45) is 45.3 Å². The Labute approximate surface area is 193 Å². The number of fused-ring (bicyclic) bond motifs is 4. The van der Waals surface area contributed by atoms with E-state index >= 15 is 0 Å². The highest BCUT2D eigenvalue weighted by molar-refractivity contribution is 5.95. The number of nitrogens with one attached hydrogen (secondary N) is 2. The van der Waals surface area contributed by atoms with E-state index in [1.165, 1.54) is 12.8 Å². The average molecular weight is 437 g/mol. The van der Waals surface area contributed by atoms with Gasteiger partial charge in [-0.15, -0.1) is 0 Å². The number of carbonyl (C=O) groups excluding carboxylic acids is 2. The first-order chi connectivity index (χ1) is 14.9. The molecule has 4 nitrogen and oxygen atoms in total. The van der Waals surface area contributed by atoms with Gasteiger partial charge in [0.05, 0.1) is 0 Å². The fourth-order valence-electron chi connectivity index (χ4n) is 8.30. The first kappa shape index (κ1) is 22.0. The van der Waals surface area contributed by atoms with Crippen molar-refractivity contribution in [3.63, 3.8) is 0 Å². The number of carbonyl (C=O) groups is 2. The van der Waals surface area contributed by atoms with Gasteiger partial charge in [-0.1, -0.05) is 41.5 Å². The molecule has 1 aromatic rings. The summed E-state index contributed by atoms with van der Waals surface area (Å²) < 4.78 is 0. The van der Waals surface area contributed by atoms with Crippen molar-refractivity contribution < 1.29 is 9.59 Å². The first-order valence-electron chi connectivity index (χ1n) is 12.6. The Hall–Kier alpha value is -1.84. The number of rotatable bonds is 4. The van der Waals surface area contributed by atoms with E-state index in [2.05, 4.69) is 52.2 Å². The third kappa shape index (κ3) is 2.80. The van der Waals surface area contributed by atoms with E-state index in [0.29, 0.717) is 11.8 Å². The molecule has 32 heavy (non-hydrogen) atoms. The molecule has 4 saturated carbocycles. The minimum atomic E-state index is 0.0810. The molecular formula is C28H40N2O2. The van der Waals surface area contributed by atoms with E-state index in [-0.39, 0.29) is 45.3 Å². The van der Waals surface area contributed by atoms with Crippen LogP contribution in [0, 0.1) is 45.3 Å². The number of benzene rings is 1. The van der Waals surface area contributed by atoms with Crippen molar-refractivity contribution in [1.29, 1.82) is 0 Å². The summed E-state index contributed by atoms with van der Waals surface area (Å²) in [6.07, 6.45) is 6.79. The van der Waals surface area contributed by atoms with Crippen molar-refractivity contribution in [1.82, 2.24) is 0 Å². The molecule has 0 aliphatic heterocycles. The SMILES string of the molecule is CC1(C)C2CCC1(C)C(C(=O)Nc1ccc(NC(=O)C3CC4CCC3(C)C4(C)C)cc1)C2. The van der Waals surface area contributed by atoms with Gasteiger partial charge < -0.3 is 10.6 Å². The van der Waals surface area contributed by atoms with Gasteiger partial charge in [0.1, 0.15) is 0 Å². The zero-order valence-corrected chi connectivity index (χ0v) is 20.7. The van der Waals surface area contributed by atoms with Crippen LogP contribution in [0.1, 0.15) is 80.1 Å². The summed E-state index contributed by atoms with van der Waals surface area (Å²) in [6, 6.07) is 7.67. The highest BCUT2D eigenvalue weighted by atomic mass is 16.2. The van der Waals surface area contributed by atoms with Crippen molar-refractivity contribution in [2.45, 2.75) is 80.1 Å². The zero-order valence-electron chi connectivity index (χ0n) is 20.7. The van der Waals surface area contributed by atoms with Crippen LogP contribution in [0.15, 0.2) is 24.3 Å². The minimum absolute atomic E-state index is 0.0810. The van der Waals surface area contributed by atoms with Crippen LogP contribution in [0.3, 0.4) is 0 Å². The van der Waals surface area contributed by atoms with Crippen molar-refractivity contribution in [2.75, 3.05) is 10.6 Å². The molecule has 5 rings (SSSR count). The molecule has 4 aliphatic carbocycles. The second kappa shape index (κ2) is 6.84. The largest absolute Gasteiger partial charge is 0.326 e. The third-order valence-electron chi connectivity index (χ3n) is 11.6. The molecule has 2 N–H and O–H groups in total. The topological polar surface area (TPSA) is 58.2 Å². The van der Waals surface area contributed by atoms with Crippen LogP contribution < -0.4 is 10.6 Å². The van der Waals surface area contributed by atoms with Gasteiger partial charge in [-0.05, 0) is 96.3 Å². The summed E-state index contributed by atoms with van der Waals surface area (Å²) in [5.41, 5.74) is 2.25. The van der Waals surface area contributed by atoms with Crippen LogP contribution in [-0.4, -0.2) is 11.8 Å². The van der Waals surface area contributed by atoms with Crippen LogP contribution in [0.25, 0.3) is 0 Å². The molecule has 0 spiro atoms. The van der Waals surface area contributed by atoms with Crippen LogP contribution >= 0.6 is 0 Å². The molecule has 174 valence electrons. The number of amides is 2. The average Bonchev–Trinajstić information content (AvgIpc) is 3.26. The van der Waals surface area contributed by atoms with Crippen LogP contribution in [0.4, 0.5) is 11.4 Å². The smallest absolute Gasteiger partial charge is 0.228 e. The Kier molecular flexibility index (Phi) is 4.69. The van der Waals surface area contributed by atoms with Gasteiger partial charge in [-0.3, -0.25) is 9.59 Å². The molecule has 1 aromatic carbocycles. The highest BCUT2D eigenvalue weighted by Gasteiger charge is 2.64. The maximum atomic E-state index is 13.1. The van der Waals surface area contributed by atoms with E-state index in [1.54, 1.807) is 0 Å². The normalized spacial score (nSPS) is 40.4. The molecule has 4 aliphatic rings. The van der Waals surface area contributed by atoms with Crippen molar-refractivity contribution >= 4 is 23.2 Å². The molecule has 0 heterocycles. The minimum Gasteiger partial charge on any atom is -0.326 e. The fourth-order valence-corrected chi connectivity index (χ4v) is 8.30. The van der Waals surface area contributed by atoms with Gasteiger partial charge >= 0.3 is 0 Å². The molecule has 6 unspecified atom stereocenters. The Morgan fingerprint density at radius 2 is 1.03 bits per heavy atom. The summed E-state index contributed by atoms with van der Waals surface area (Å²) in [6.45, 7) is 14.0. The quantitative estimate of drug-likeness (QED) is 0.567. The molecule has 4 bridgehead atoms. The van der Waals surface area contributed by atoms with Gasteiger partial charge in [0, 0.05) is 23.2 Å². The van der Waals surface area contributed by atoms with Gasteiger partial charge in [-0.25, -0.2) is 0 Å². The number of anilines is 2. The Morgan fingerprint density at radius 1 is 0.688 bits per heavy atom. The second-order valence-electron chi connectivity index (χ2n) is 12.9. The molecule has 2 amide bonds. The summed E-state index contributed by atoms with van der Waals surface area (Å²) in [5.74, 6) is 1.76. The van der Waals surface area contributed by atoms with E-state index in [9.17, 15) is 9.59 Å². The molecular weight excluding hydrogens is 396 g/mol. The lowest BCUT2D eigenvalue weighted by molar-refractivity contribution is -0.125. The van der Waals surface area contributed by atoms with E-state index in [0.717, 1.165) is 37.1 Å². The molecule has 4 fully saturated rings. The maximum Gasteiger partial charge on any atom is 0.228 e. The summed E-state index contributed by atoms with van der Waals surface area (Å²) in [7, 11) is 0. The van der Waals surface area contributed by atoms with Crippen LogP contribution in [0.2, 0.25) is 0 Å². The lowest BCUT2D eigenvalue weighted by Crippen LogP contribution is -2.38. The van der Waals surface area contributed by atoms with Gasteiger partial charge in [0.25, 0.3) is 0 Å². The van der Waals surface area contributed by atoms with E-state index in [4.69, 9.17) is 0 Å². The Morgan fingerprint density at radius 3 is 1.28 bits per heavy atom. The molecule has 0 saturated heterocycles. The predicted octanol–water partition coefficient (Wildman–Crippen LogP) is 6.49. The number of hydrogen-bond acceptors (Lipinski definition) is 2. The van der Waals surface area contributed by atoms with Crippen LogP contribution in [0.5, 0.6) is 0 Å². The summed E-state index contributed by atoms with van der Waals surface area (Å²) >= 11 is 0. The molecule has 0 aromatic heterocycles. The number of hydrogen-bond donors (Lipinski definition) is 2. The highest BCUT2D eigenvalue weighted by Crippen LogP contribution is 2.69. The molecule has 6 atom stereocenters.